The minimum atomic E-state index is -0.343. The van der Waals surface area contributed by atoms with Gasteiger partial charge in [0.15, 0.2) is 0 Å². The lowest BCUT2D eigenvalue weighted by atomic mass is 10.1. The van der Waals surface area contributed by atoms with Crippen molar-refractivity contribution in [2.75, 3.05) is 38.8 Å². The summed E-state index contributed by atoms with van der Waals surface area (Å²) in [5.41, 5.74) is 3.25. The van der Waals surface area contributed by atoms with Gasteiger partial charge >= 0.3 is 6.09 Å². The number of carbonyl (C=O) groups excluding carboxylic acids is 2. The number of aromatic nitrogens is 2. The Morgan fingerprint density at radius 2 is 1.94 bits per heavy atom. The molecule has 0 saturated carbocycles. The third kappa shape index (κ3) is 4.81. The first kappa shape index (κ1) is 22.7. The molecule has 0 atom stereocenters. The maximum atomic E-state index is 12.7. The molecule has 1 saturated heterocycles. The fourth-order valence-electron chi connectivity index (χ4n) is 3.54. The van der Waals surface area contributed by atoms with E-state index in [9.17, 15) is 9.59 Å². The van der Waals surface area contributed by atoms with E-state index < -0.39 is 0 Å². The number of ether oxygens (including phenoxy) is 3. The summed E-state index contributed by atoms with van der Waals surface area (Å²) in [5, 5.41) is 7.24. The number of nitrogens with zero attached hydrogens (tertiary/aromatic N) is 3. The van der Waals surface area contributed by atoms with Gasteiger partial charge in [-0.15, -0.1) is 0 Å². The Labute approximate surface area is 197 Å². The van der Waals surface area contributed by atoms with Crippen LogP contribution in [0.15, 0.2) is 48.5 Å². The van der Waals surface area contributed by atoms with Gasteiger partial charge in [-0.3, -0.25) is 14.4 Å². The summed E-state index contributed by atoms with van der Waals surface area (Å²) in [4.78, 5) is 25.9. The van der Waals surface area contributed by atoms with Gasteiger partial charge in [-0.1, -0.05) is 11.8 Å². The van der Waals surface area contributed by atoms with Crippen molar-refractivity contribution in [3.05, 3.63) is 59.8 Å². The molecule has 0 radical (unpaired) electrons. The monoisotopic (exact) mass is 460 g/mol. The third-order valence-corrected chi connectivity index (χ3v) is 5.30. The van der Waals surface area contributed by atoms with Crippen LogP contribution < -0.4 is 19.7 Å². The first-order valence-corrected chi connectivity index (χ1v) is 10.6. The number of carbonyl (C=O) groups is 2. The highest BCUT2D eigenvalue weighted by Crippen LogP contribution is 2.32. The van der Waals surface area contributed by atoms with Crippen LogP contribution in [0, 0.1) is 11.8 Å². The van der Waals surface area contributed by atoms with E-state index in [1.165, 1.54) is 4.68 Å². The van der Waals surface area contributed by atoms with Gasteiger partial charge < -0.3 is 19.5 Å². The fourth-order valence-corrected chi connectivity index (χ4v) is 3.54. The first-order chi connectivity index (χ1) is 16.5. The van der Waals surface area contributed by atoms with E-state index in [0.717, 1.165) is 16.8 Å². The highest BCUT2D eigenvalue weighted by molar-refractivity contribution is 5.94. The highest BCUT2D eigenvalue weighted by Gasteiger charge is 2.23. The number of nitrogens with one attached hydrogen (secondary N) is 1. The molecule has 4 rings (SSSR count). The van der Waals surface area contributed by atoms with Gasteiger partial charge in [0, 0.05) is 23.9 Å². The molecule has 0 unspecified atom stereocenters. The lowest BCUT2D eigenvalue weighted by Gasteiger charge is -2.11. The molecule has 1 N–H and O–H groups in total. The van der Waals surface area contributed by atoms with Crippen LogP contribution in [0.5, 0.6) is 11.5 Å². The van der Waals surface area contributed by atoms with Crippen LogP contribution in [-0.4, -0.2) is 55.7 Å². The Hall–Kier alpha value is -4.45. The standard InChI is InChI=1S/C25H24N4O5/c1-28-22(16-21(27-28)20-15-19(32-2)10-11-23(20)33-3)24(30)26-12-4-5-17-6-8-18(9-7-17)29-13-14-34-25(29)31/h6-11,15-16H,12-14H2,1-3H3,(H,26,30). The number of anilines is 1. The van der Waals surface area contributed by atoms with E-state index >= 15 is 0 Å². The van der Waals surface area contributed by atoms with Gasteiger partial charge in [-0.05, 0) is 48.5 Å². The molecule has 1 fully saturated rings. The van der Waals surface area contributed by atoms with E-state index in [1.807, 2.05) is 30.3 Å². The van der Waals surface area contributed by atoms with Gasteiger partial charge in [-0.25, -0.2) is 4.79 Å². The summed E-state index contributed by atoms with van der Waals surface area (Å²) >= 11 is 0. The molecule has 0 aliphatic carbocycles. The molecule has 1 aliphatic heterocycles. The Morgan fingerprint density at radius 1 is 1.15 bits per heavy atom. The summed E-state index contributed by atoms with van der Waals surface area (Å²) < 4.78 is 17.2. The molecule has 9 nitrogen and oxygen atoms in total. The SMILES string of the molecule is COc1ccc(OC)c(-c2cc(C(=O)NCC#Cc3ccc(N4CCOC4=O)cc3)n(C)n2)c1. The third-order valence-electron chi connectivity index (χ3n) is 5.30. The molecule has 1 aliphatic rings. The summed E-state index contributed by atoms with van der Waals surface area (Å²) in [5.74, 6) is 6.94. The topological polar surface area (TPSA) is 94.9 Å². The van der Waals surface area contributed by atoms with Crippen molar-refractivity contribution in [3.63, 3.8) is 0 Å². The molecule has 0 spiro atoms. The molecule has 9 heteroatoms. The second-order valence-corrected chi connectivity index (χ2v) is 7.40. The second kappa shape index (κ2) is 10.0. The van der Waals surface area contributed by atoms with Gasteiger partial charge in [0.2, 0.25) is 0 Å². The van der Waals surface area contributed by atoms with Crippen LogP contribution >= 0.6 is 0 Å². The molecular weight excluding hydrogens is 436 g/mol. The summed E-state index contributed by atoms with van der Waals surface area (Å²) in [7, 11) is 4.87. The first-order valence-electron chi connectivity index (χ1n) is 10.6. The van der Waals surface area contributed by atoms with E-state index in [2.05, 4.69) is 22.3 Å². The number of aryl methyl sites for hydroxylation is 1. The lowest BCUT2D eigenvalue weighted by Crippen LogP contribution is -2.25. The number of rotatable bonds is 6. The number of methoxy groups -OCH3 is 2. The van der Waals surface area contributed by atoms with Crippen LogP contribution in [0.25, 0.3) is 11.3 Å². The van der Waals surface area contributed by atoms with Gasteiger partial charge in [0.05, 0.1) is 33.0 Å². The van der Waals surface area contributed by atoms with Gasteiger partial charge in [0.25, 0.3) is 5.91 Å². The number of amides is 2. The molecule has 34 heavy (non-hydrogen) atoms. The molecule has 0 bridgehead atoms. The number of hydrogen-bond donors (Lipinski definition) is 1. The number of cyclic esters (lactones) is 1. The van der Waals surface area contributed by atoms with Crippen molar-refractivity contribution in [1.29, 1.82) is 0 Å². The number of hydrogen-bond acceptors (Lipinski definition) is 6. The van der Waals surface area contributed by atoms with Crippen molar-refractivity contribution in [2.24, 2.45) is 7.05 Å². The van der Waals surface area contributed by atoms with E-state index in [-0.39, 0.29) is 18.5 Å². The average Bonchev–Trinajstić information content (AvgIpc) is 3.47. The van der Waals surface area contributed by atoms with E-state index in [1.54, 1.807) is 44.4 Å². The molecule has 2 aromatic carbocycles. The molecule has 3 aromatic rings. The van der Waals surface area contributed by atoms with Crippen LogP contribution in [-0.2, 0) is 11.8 Å². The zero-order chi connectivity index (χ0) is 24.1. The van der Waals surface area contributed by atoms with Crippen molar-refractivity contribution in [2.45, 2.75) is 0 Å². The van der Waals surface area contributed by atoms with Crippen molar-refractivity contribution in [3.8, 4) is 34.6 Å². The highest BCUT2D eigenvalue weighted by atomic mass is 16.6. The second-order valence-electron chi connectivity index (χ2n) is 7.40. The van der Waals surface area contributed by atoms with Crippen LogP contribution in [0.1, 0.15) is 16.1 Å². The predicted octanol–water partition coefficient (Wildman–Crippen LogP) is 2.84. The van der Waals surface area contributed by atoms with Crippen LogP contribution in [0.2, 0.25) is 0 Å². The summed E-state index contributed by atoms with van der Waals surface area (Å²) in [6.07, 6.45) is -0.343. The molecular formula is C25H24N4O5. The minimum Gasteiger partial charge on any atom is -0.497 e. The number of benzene rings is 2. The van der Waals surface area contributed by atoms with Crippen LogP contribution in [0.4, 0.5) is 10.5 Å². The van der Waals surface area contributed by atoms with Gasteiger partial charge in [0.1, 0.15) is 23.8 Å². The van der Waals surface area contributed by atoms with Gasteiger partial charge in [-0.2, -0.15) is 5.10 Å². The van der Waals surface area contributed by atoms with E-state index in [0.29, 0.717) is 36.0 Å². The summed E-state index contributed by atoms with van der Waals surface area (Å²) in [6.45, 7) is 1.10. The smallest absolute Gasteiger partial charge is 0.414 e. The molecule has 174 valence electrons. The minimum absolute atomic E-state index is 0.169. The largest absolute Gasteiger partial charge is 0.497 e. The maximum absolute atomic E-state index is 12.7. The van der Waals surface area contributed by atoms with Crippen molar-refractivity contribution >= 4 is 17.7 Å². The molecule has 1 aromatic heterocycles. The maximum Gasteiger partial charge on any atom is 0.414 e. The Balaban J connectivity index is 1.40. The van der Waals surface area contributed by atoms with Crippen LogP contribution in [0.3, 0.4) is 0 Å². The summed E-state index contributed by atoms with van der Waals surface area (Å²) in [6, 6.07) is 14.4. The zero-order valence-electron chi connectivity index (χ0n) is 19.1. The molecule has 2 heterocycles. The Bertz CT molecular complexity index is 1270. The van der Waals surface area contributed by atoms with E-state index in [4.69, 9.17) is 14.2 Å². The Kier molecular flexibility index (Phi) is 6.69. The van der Waals surface area contributed by atoms with Crippen molar-refractivity contribution in [1.82, 2.24) is 15.1 Å². The average molecular weight is 460 g/mol. The normalized spacial score (nSPS) is 12.6. The zero-order valence-corrected chi connectivity index (χ0v) is 19.1. The quantitative estimate of drug-likeness (QED) is 0.569. The molecule has 2 amide bonds. The fraction of sp³-hybridized carbons (Fsp3) is 0.240. The van der Waals surface area contributed by atoms with Crippen molar-refractivity contribution < 1.29 is 23.8 Å². The Morgan fingerprint density at radius 3 is 2.62 bits per heavy atom. The lowest BCUT2D eigenvalue weighted by molar-refractivity contribution is 0.0949. The predicted molar refractivity (Wildman–Crippen MR) is 126 cm³/mol.